The number of nitrogens with zero attached hydrogens (tertiary/aromatic N) is 2. The SMILES string of the molecule is Cc1nn(Cc2ccc(Cl)cc2)cc1N. The van der Waals surface area contributed by atoms with E-state index in [9.17, 15) is 0 Å². The molecule has 0 unspecified atom stereocenters. The molecular formula is C11H12ClN3. The zero-order valence-electron chi connectivity index (χ0n) is 8.44. The van der Waals surface area contributed by atoms with Crippen LogP contribution >= 0.6 is 11.6 Å². The van der Waals surface area contributed by atoms with E-state index >= 15 is 0 Å². The molecule has 3 nitrogen and oxygen atoms in total. The third kappa shape index (κ3) is 2.30. The molecule has 1 heterocycles. The summed E-state index contributed by atoms with van der Waals surface area (Å²) in [5.74, 6) is 0. The Kier molecular flexibility index (Phi) is 2.64. The Morgan fingerprint density at radius 2 is 2.00 bits per heavy atom. The van der Waals surface area contributed by atoms with Gasteiger partial charge in [-0.05, 0) is 24.6 Å². The van der Waals surface area contributed by atoms with Crippen LogP contribution in [0.2, 0.25) is 5.02 Å². The highest BCUT2D eigenvalue weighted by Gasteiger charge is 2.01. The van der Waals surface area contributed by atoms with E-state index in [1.807, 2.05) is 42.1 Å². The lowest BCUT2D eigenvalue weighted by Crippen LogP contribution is -1.99. The lowest BCUT2D eigenvalue weighted by Gasteiger charge is -2.01. The number of aryl methyl sites for hydroxylation is 1. The van der Waals surface area contributed by atoms with Crippen molar-refractivity contribution in [3.05, 3.63) is 46.7 Å². The monoisotopic (exact) mass is 221 g/mol. The summed E-state index contributed by atoms with van der Waals surface area (Å²) in [6.45, 7) is 2.61. The molecule has 0 radical (unpaired) electrons. The average molecular weight is 222 g/mol. The van der Waals surface area contributed by atoms with Crippen LogP contribution < -0.4 is 5.73 Å². The summed E-state index contributed by atoms with van der Waals surface area (Å²) in [5, 5.41) is 5.03. The van der Waals surface area contributed by atoms with Gasteiger partial charge in [0.25, 0.3) is 0 Å². The van der Waals surface area contributed by atoms with Crippen LogP contribution in [0.5, 0.6) is 0 Å². The maximum absolute atomic E-state index is 5.80. The number of nitrogen functional groups attached to an aromatic ring is 1. The summed E-state index contributed by atoms with van der Waals surface area (Å²) in [6, 6.07) is 7.71. The molecule has 4 heteroatoms. The molecule has 0 amide bonds. The molecule has 0 saturated heterocycles. The zero-order valence-corrected chi connectivity index (χ0v) is 9.20. The van der Waals surface area contributed by atoms with E-state index in [-0.39, 0.29) is 0 Å². The molecule has 0 aliphatic rings. The second kappa shape index (κ2) is 3.95. The van der Waals surface area contributed by atoms with Gasteiger partial charge in [0, 0.05) is 11.2 Å². The first-order valence-corrected chi connectivity index (χ1v) is 5.07. The Morgan fingerprint density at radius 1 is 1.33 bits per heavy atom. The Labute approximate surface area is 93.5 Å². The maximum Gasteiger partial charge on any atom is 0.0823 e. The molecule has 0 fully saturated rings. The molecular weight excluding hydrogens is 210 g/mol. The minimum Gasteiger partial charge on any atom is -0.396 e. The third-order valence-corrected chi connectivity index (χ3v) is 2.49. The quantitative estimate of drug-likeness (QED) is 0.847. The van der Waals surface area contributed by atoms with Crippen molar-refractivity contribution >= 4 is 17.3 Å². The van der Waals surface area contributed by atoms with Crippen LogP contribution in [0.25, 0.3) is 0 Å². The lowest BCUT2D eigenvalue weighted by atomic mass is 10.2. The molecule has 15 heavy (non-hydrogen) atoms. The van der Waals surface area contributed by atoms with E-state index in [1.54, 1.807) is 0 Å². The second-order valence-electron chi connectivity index (χ2n) is 3.49. The van der Waals surface area contributed by atoms with Gasteiger partial charge in [-0.25, -0.2) is 0 Å². The van der Waals surface area contributed by atoms with Crippen LogP contribution in [-0.2, 0) is 6.54 Å². The van der Waals surface area contributed by atoms with Crippen LogP contribution in [-0.4, -0.2) is 9.78 Å². The zero-order chi connectivity index (χ0) is 10.8. The Bertz CT molecular complexity index is 440. The highest BCUT2D eigenvalue weighted by molar-refractivity contribution is 6.30. The van der Waals surface area contributed by atoms with Crippen LogP contribution in [0.15, 0.2) is 30.5 Å². The molecule has 2 N–H and O–H groups in total. The van der Waals surface area contributed by atoms with Crippen molar-refractivity contribution < 1.29 is 0 Å². The summed E-state index contributed by atoms with van der Waals surface area (Å²) in [7, 11) is 0. The topological polar surface area (TPSA) is 43.8 Å². The van der Waals surface area contributed by atoms with Gasteiger partial charge < -0.3 is 5.73 Å². The van der Waals surface area contributed by atoms with Crippen molar-refractivity contribution in [2.45, 2.75) is 13.5 Å². The molecule has 0 spiro atoms. The standard InChI is InChI=1S/C11H12ClN3/c1-8-11(13)7-15(14-8)6-9-2-4-10(12)5-3-9/h2-5,7H,6,13H2,1H3. The fourth-order valence-electron chi connectivity index (χ4n) is 1.39. The minimum absolute atomic E-state index is 0.717. The number of nitrogens with two attached hydrogens (primary N) is 1. The first kappa shape index (κ1) is 10.1. The van der Waals surface area contributed by atoms with Crippen molar-refractivity contribution in [2.24, 2.45) is 0 Å². The number of benzene rings is 1. The Balaban J connectivity index is 2.18. The second-order valence-corrected chi connectivity index (χ2v) is 3.93. The van der Waals surface area contributed by atoms with Gasteiger partial charge in [0.05, 0.1) is 17.9 Å². The smallest absolute Gasteiger partial charge is 0.0823 e. The van der Waals surface area contributed by atoms with E-state index in [4.69, 9.17) is 17.3 Å². The molecule has 0 aliphatic heterocycles. The van der Waals surface area contributed by atoms with Crippen LogP contribution in [0.1, 0.15) is 11.3 Å². The number of aromatic nitrogens is 2. The third-order valence-electron chi connectivity index (χ3n) is 2.24. The van der Waals surface area contributed by atoms with Crippen molar-refractivity contribution in [3.8, 4) is 0 Å². The summed E-state index contributed by atoms with van der Waals surface area (Å²) < 4.78 is 1.83. The Morgan fingerprint density at radius 3 is 2.53 bits per heavy atom. The van der Waals surface area contributed by atoms with E-state index in [0.717, 1.165) is 28.5 Å². The van der Waals surface area contributed by atoms with Gasteiger partial charge in [-0.15, -0.1) is 0 Å². The fourth-order valence-corrected chi connectivity index (χ4v) is 1.52. The average Bonchev–Trinajstić information content (AvgIpc) is 2.50. The number of rotatable bonds is 2. The first-order chi connectivity index (χ1) is 7.15. The van der Waals surface area contributed by atoms with Crippen molar-refractivity contribution in [1.29, 1.82) is 0 Å². The van der Waals surface area contributed by atoms with E-state index < -0.39 is 0 Å². The van der Waals surface area contributed by atoms with Gasteiger partial charge >= 0.3 is 0 Å². The van der Waals surface area contributed by atoms with E-state index in [2.05, 4.69) is 5.10 Å². The predicted octanol–water partition coefficient (Wildman–Crippen LogP) is 2.48. The molecule has 0 aliphatic carbocycles. The fraction of sp³-hybridized carbons (Fsp3) is 0.182. The molecule has 0 bridgehead atoms. The van der Waals surface area contributed by atoms with Gasteiger partial charge in [0.15, 0.2) is 0 Å². The molecule has 1 aromatic carbocycles. The van der Waals surface area contributed by atoms with Crippen LogP contribution in [0, 0.1) is 6.92 Å². The molecule has 1 aromatic heterocycles. The highest BCUT2D eigenvalue weighted by atomic mass is 35.5. The molecule has 0 saturated carbocycles. The van der Waals surface area contributed by atoms with Crippen molar-refractivity contribution in [2.75, 3.05) is 5.73 Å². The number of halogens is 1. The minimum atomic E-state index is 0.717. The number of hydrogen-bond acceptors (Lipinski definition) is 2. The van der Waals surface area contributed by atoms with Gasteiger partial charge in [-0.3, -0.25) is 4.68 Å². The van der Waals surface area contributed by atoms with Crippen LogP contribution in [0.4, 0.5) is 5.69 Å². The summed E-state index contributed by atoms with van der Waals surface area (Å²) >= 11 is 5.80. The predicted molar refractivity (Wildman–Crippen MR) is 61.9 cm³/mol. The summed E-state index contributed by atoms with van der Waals surface area (Å²) in [6.07, 6.45) is 1.84. The highest BCUT2D eigenvalue weighted by Crippen LogP contribution is 2.12. The first-order valence-electron chi connectivity index (χ1n) is 4.69. The largest absolute Gasteiger partial charge is 0.396 e. The number of hydrogen-bond donors (Lipinski definition) is 1. The molecule has 0 atom stereocenters. The molecule has 2 aromatic rings. The van der Waals surface area contributed by atoms with Gasteiger partial charge in [-0.2, -0.15) is 5.10 Å². The van der Waals surface area contributed by atoms with Crippen molar-refractivity contribution in [1.82, 2.24) is 9.78 Å². The Hall–Kier alpha value is -1.48. The number of anilines is 1. The molecule has 78 valence electrons. The van der Waals surface area contributed by atoms with Gasteiger partial charge in [0.2, 0.25) is 0 Å². The summed E-state index contributed by atoms with van der Waals surface area (Å²) in [4.78, 5) is 0. The molecule has 2 rings (SSSR count). The summed E-state index contributed by atoms with van der Waals surface area (Å²) in [5.41, 5.74) is 8.46. The van der Waals surface area contributed by atoms with Gasteiger partial charge in [-0.1, -0.05) is 23.7 Å². The van der Waals surface area contributed by atoms with Crippen molar-refractivity contribution in [3.63, 3.8) is 0 Å². The lowest BCUT2D eigenvalue weighted by molar-refractivity contribution is 0.679. The maximum atomic E-state index is 5.80. The van der Waals surface area contributed by atoms with E-state index in [0.29, 0.717) is 0 Å². The van der Waals surface area contributed by atoms with Gasteiger partial charge in [0.1, 0.15) is 0 Å². The van der Waals surface area contributed by atoms with Crippen LogP contribution in [0.3, 0.4) is 0 Å². The normalized spacial score (nSPS) is 10.5. The van der Waals surface area contributed by atoms with E-state index in [1.165, 1.54) is 0 Å².